The maximum Gasteiger partial charge on any atom is 0.162 e. The summed E-state index contributed by atoms with van der Waals surface area (Å²) in [6.07, 6.45) is 1.38. The van der Waals surface area contributed by atoms with E-state index in [2.05, 4.69) is 4.90 Å². The van der Waals surface area contributed by atoms with E-state index in [1.807, 2.05) is 61.6 Å². The number of para-hydroxylation sites is 2. The van der Waals surface area contributed by atoms with Gasteiger partial charge in [-0.2, -0.15) is 0 Å². The van der Waals surface area contributed by atoms with Crippen LogP contribution in [0, 0.1) is 0 Å². The van der Waals surface area contributed by atoms with Crippen LogP contribution < -0.4 is 9.64 Å². The van der Waals surface area contributed by atoms with Crippen molar-refractivity contribution in [1.29, 1.82) is 0 Å². The summed E-state index contributed by atoms with van der Waals surface area (Å²) in [7, 11) is 3.69. The molecule has 0 aliphatic rings. The lowest BCUT2D eigenvalue weighted by Gasteiger charge is -2.21. The van der Waals surface area contributed by atoms with Gasteiger partial charge in [0.2, 0.25) is 0 Å². The van der Waals surface area contributed by atoms with Crippen molar-refractivity contribution in [3.05, 3.63) is 60.2 Å². The van der Waals surface area contributed by atoms with Crippen LogP contribution in [-0.2, 0) is 0 Å². The number of methoxy groups -OCH3 is 1. The second kappa shape index (κ2) is 7.48. The zero-order chi connectivity index (χ0) is 15.1. The Bertz CT molecular complexity index is 581. The largest absolute Gasteiger partial charge is 0.495 e. The lowest BCUT2D eigenvalue weighted by molar-refractivity contribution is 0.0981. The number of carbonyl (C=O) groups is 1. The van der Waals surface area contributed by atoms with Crippen LogP contribution in [0.5, 0.6) is 5.75 Å². The average molecular weight is 283 g/mol. The number of benzene rings is 2. The van der Waals surface area contributed by atoms with Crippen LogP contribution in [0.4, 0.5) is 5.69 Å². The Balaban J connectivity index is 1.87. The molecule has 0 N–H and O–H groups in total. The summed E-state index contributed by atoms with van der Waals surface area (Å²) in [5, 5.41) is 0. The Hall–Kier alpha value is -2.29. The van der Waals surface area contributed by atoms with Gasteiger partial charge in [-0.25, -0.2) is 0 Å². The van der Waals surface area contributed by atoms with Crippen LogP contribution in [0.2, 0.25) is 0 Å². The Kier molecular flexibility index (Phi) is 5.38. The number of ether oxygens (including phenoxy) is 1. The normalized spacial score (nSPS) is 10.2. The standard InChI is InChI=1S/C18H21NO2/c1-19(16-11-6-7-13-18(16)21-2)14-8-12-17(20)15-9-4-3-5-10-15/h3-7,9-11,13H,8,12,14H2,1-2H3. The first-order chi connectivity index (χ1) is 10.2. The second-order valence-corrected chi connectivity index (χ2v) is 4.99. The van der Waals surface area contributed by atoms with E-state index in [4.69, 9.17) is 4.74 Å². The monoisotopic (exact) mass is 283 g/mol. The molecule has 3 heteroatoms. The summed E-state index contributed by atoms with van der Waals surface area (Å²) >= 11 is 0. The zero-order valence-corrected chi connectivity index (χ0v) is 12.6. The third-order valence-electron chi connectivity index (χ3n) is 3.49. The summed E-state index contributed by atoms with van der Waals surface area (Å²) in [6.45, 7) is 0.818. The lowest BCUT2D eigenvalue weighted by Crippen LogP contribution is -2.20. The number of carbonyl (C=O) groups excluding carboxylic acids is 1. The molecule has 2 aromatic rings. The molecule has 0 aliphatic heterocycles. The number of hydrogen-bond acceptors (Lipinski definition) is 3. The molecule has 0 saturated carbocycles. The molecule has 0 aliphatic carbocycles. The number of ketones is 1. The molecule has 0 aromatic heterocycles. The minimum atomic E-state index is 0.198. The Labute approximate surface area is 126 Å². The first-order valence-corrected chi connectivity index (χ1v) is 7.15. The number of rotatable bonds is 7. The van der Waals surface area contributed by atoms with Crippen molar-refractivity contribution >= 4 is 11.5 Å². The van der Waals surface area contributed by atoms with E-state index >= 15 is 0 Å². The van der Waals surface area contributed by atoms with E-state index in [0.29, 0.717) is 6.42 Å². The van der Waals surface area contributed by atoms with Crippen molar-refractivity contribution in [1.82, 2.24) is 0 Å². The maximum atomic E-state index is 12.0. The number of Topliss-reactive ketones (excluding diaryl/α,β-unsaturated/α-hetero) is 1. The summed E-state index contributed by atoms with van der Waals surface area (Å²) in [5.41, 5.74) is 1.84. The molecule has 0 spiro atoms. The molecule has 0 saturated heterocycles. The predicted octanol–water partition coefficient (Wildman–Crippen LogP) is 3.79. The molecule has 21 heavy (non-hydrogen) atoms. The van der Waals surface area contributed by atoms with Crippen molar-refractivity contribution in [2.45, 2.75) is 12.8 Å². The smallest absolute Gasteiger partial charge is 0.162 e. The van der Waals surface area contributed by atoms with Crippen molar-refractivity contribution in [2.75, 3.05) is 25.6 Å². The van der Waals surface area contributed by atoms with Crippen LogP contribution in [0.25, 0.3) is 0 Å². The maximum absolute atomic E-state index is 12.0. The fourth-order valence-electron chi connectivity index (χ4n) is 2.31. The van der Waals surface area contributed by atoms with Gasteiger partial charge >= 0.3 is 0 Å². The first kappa shape index (κ1) is 15.1. The van der Waals surface area contributed by atoms with Gasteiger partial charge in [0.25, 0.3) is 0 Å². The van der Waals surface area contributed by atoms with Gasteiger partial charge in [-0.15, -0.1) is 0 Å². The van der Waals surface area contributed by atoms with E-state index in [9.17, 15) is 4.79 Å². The third kappa shape index (κ3) is 4.09. The second-order valence-electron chi connectivity index (χ2n) is 4.99. The van der Waals surface area contributed by atoms with Crippen LogP contribution >= 0.6 is 0 Å². The van der Waals surface area contributed by atoms with Gasteiger partial charge in [0.05, 0.1) is 12.8 Å². The number of anilines is 1. The molecule has 0 heterocycles. The number of hydrogen-bond donors (Lipinski definition) is 0. The lowest BCUT2D eigenvalue weighted by atomic mass is 10.1. The molecule has 0 unspecified atom stereocenters. The minimum absolute atomic E-state index is 0.198. The number of nitrogens with zero attached hydrogens (tertiary/aromatic N) is 1. The average Bonchev–Trinajstić information content (AvgIpc) is 2.55. The Morgan fingerprint density at radius 1 is 1.05 bits per heavy atom. The van der Waals surface area contributed by atoms with Gasteiger partial charge in [-0.05, 0) is 18.6 Å². The molecule has 0 bridgehead atoms. The highest BCUT2D eigenvalue weighted by Gasteiger charge is 2.09. The highest BCUT2D eigenvalue weighted by Crippen LogP contribution is 2.26. The van der Waals surface area contributed by atoms with Crippen molar-refractivity contribution in [3.8, 4) is 5.75 Å². The van der Waals surface area contributed by atoms with E-state index in [-0.39, 0.29) is 5.78 Å². The van der Waals surface area contributed by atoms with Crippen molar-refractivity contribution in [2.24, 2.45) is 0 Å². The fourth-order valence-corrected chi connectivity index (χ4v) is 2.31. The Morgan fingerprint density at radius 3 is 2.43 bits per heavy atom. The zero-order valence-electron chi connectivity index (χ0n) is 12.6. The van der Waals surface area contributed by atoms with Crippen LogP contribution in [-0.4, -0.2) is 26.5 Å². The molecule has 0 fully saturated rings. The van der Waals surface area contributed by atoms with Gasteiger partial charge in [0, 0.05) is 25.6 Å². The molecular formula is C18H21NO2. The van der Waals surface area contributed by atoms with Gasteiger partial charge in [-0.1, -0.05) is 42.5 Å². The van der Waals surface area contributed by atoms with E-state index in [0.717, 1.165) is 30.0 Å². The van der Waals surface area contributed by atoms with Crippen LogP contribution in [0.3, 0.4) is 0 Å². The van der Waals surface area contributed by atoms with Crippen molar-refractivity contribution in [3.63, 3.8) is 0 Å². The summed E-state index contributed by atoms with van der Waals surface area (Å²) < 4.78 is 5.35. The van der Waals surface area contributed by atoms with E-state index in [1.54, 1.807) is 7.11 Å². The van der Waals surface area contributed by atoms with E-state index in [1.165, 1.54) is 0 Å². The SMILES string of the molecule is COc1ccccc1N(C)CCCC(=O)c1ccccc1. The summed E-state index contributed by atoms with van der Waals surface area (Å²) in [6, 6.07) is 17.4. The quantitative estimate of drug-likeness (QED) is 0.724. The molecule has 0 radical (unpaired) electrons. The van der Waals surface area contributed by atoms with Gasteiger partial charge in [0.1, 0.15) is 5.75 Å². The van der Waals surface area contributed by atoms with E-state index < -0.39 is 0 Å². The molecule has 0 amide bonds. The van der Waals surface area contributed by atoms with Crippen LogP contribution in [0.15, 0.2) is 54.6 Å². The van der Waals surface area contributed by atoms with Crippen molar-refractivity contribution < 1.29 is 9.53 Å². The van der Waals surface area contributed by atoms with Crippen LogP contribution in [0.1, 0.15) is 23.2 Å². The predicted molar refractivity (Wildman–Crippen MR) is 86.3 cm³/mol. The van der Waals surface area contributed by atoms with Gasteiger partial charge in [-0.3, -0.25) is 4.79 Å². The summed E-state index contributed by atoms with van der Waals surface area (Å²) in [4.78, 5) is 14.2. The molecule has 2 aromatic carbocycles. The molecule has 0 atom stereocenters. The highest BCUT2D eigenvalue weighted by molar-refractivity contribution is 5.95. The van der Waals surface area contributed by atoms with Gasteiger partial charge in [0.15, 0.2) is 5.78 Å². The molecule has 110 valence electrons. The fraction of sp³-hybridized carbons (Fsp3) is 0.278. The topological polar surface area (TPSA) is 29.5 Å². The highest BCUT2D eigenvalue weighted by atomic mass is 16.5. The molecular weight excluding hydrogens is 262 g/mol. The minimum Gasteiger partial charge on any atom is -0.495 e. The third-order valence-corrected chi connectivity index (χ3v) is 3.49. The van der Waals surface area contributed by atoms with Gasteiger partial charge < -0.3 is 9.64 Å². The first-order valence-electron chi connectivity index (χ1n) is 7.15. The summed E-state index contributed by atoms with van der Waals surface area (Å²) in [5.74, 6) is 1.05. The Morgan fingerprint density at radius 2 is 1.71 bits per heavy atom. The molecule has 2 rings (SSSR count). The molecule has 3 nitrogen and oxygen atoms in total.